The van der Waals surface area contributed by atoms with Crippen LogP contribution in [0.5, 0.6) is 0 Å². The number of carbonyl (C=O) groups excluding carboxylic acids is 1. The standard InChI is InChI=1S/C13H24O2/c1-9(2)12(8-11(4)14)13-7-10(3)5-6-15-13/h9-10,12-13H,5-8H2,1-4H3. The minimum absolute atomic E-state index is 0.288. The van der Waals surface area contributed by atoms with Gasteiger partial charge in [0, 0.05) is 13.0 Å². The Hall–Kier alpha value is -0.370. The predicted octanol–water partition coefficient (Wildman–Crippen LogP) is 3.05. The third kappa shape index (κ3) is 3.94. The molecular formula is C13H24O2. The summed E-state index contributed by atoms with van der Waals surface area (Å²) in [4.78, 5) is 11.2. The van der Waals surface area contributed by atoms with Crippen molar-refractivity contribution in [3.8, 4) is 0 Å². The summed E-state index contributed by atoms with van der Waals surface area (Å²) >= 11 is 0. The maximum atomic E-state index is 11.2. The van der Waals surface area contributed by atoms with Crippen LogP contribution in [0.1, 0.15) is 47.0 Å². The van der Waals surface area contributed by atoms with Crippen LogP contribution in [0.4, 0.5) is 0 Å². The lowest BCUT2D eigenvalue weighted by Gasteiger charge is -2.35. The molecule has 3 atom stereocenters. The molecule has 1 fully saturated rings. The molecule has 0 bridgehead atoms. The first-order valence-corrected chi connectivity index (χ1v) is 6.11. The molecule has 88 valence electrons. The second-order valence-corrected chi connectivity index (χ2v) is 5.35. The van der Waals surface area contributed by atoms with Gasteiger partial charge in [-0.3, -0.25) is 0 Å². The van der Waals surface area contributed by atoms with Gasteiger partial charge in [-0.15, -0.1) is 0 Å². The number of ketones is 1. The third-order valence-electron chi connectivity index (χ3n) is 3.43. The van der Waals surface area contributed by atoms with Crippen LogP contribution < -0.4 is 0 Å². The van der Waals surface area contributed by atoms with Crippen molar-refractivity contribution >= 4 is 5.78 Å². The molecule has 3 unspecified atom stereocenters. The maximum absolute atomic E-state index is 11.2. The van der Waals surface area contributed by atoms with Gasteiger partial charge in [-0.1, -0.05) is 20.8 Å². The Balaban J connectivity index is 2.57. The Morgan fingerprint density at radius 3 is 2.60 bits per heavy atom. The molecule has 15 heavy (non-hydrogen) atoms. The fourth-order valence-corrected chi connectivity index (χ4v) is 2.43. The van der Waals surface area contributed by atoms with Crippen molar-refractivity contribution in [1.29, 1.82) is 0 Å². The van der Waals surface area contributed by atoms with Crippen molar-refractivity contribution in [2.75, 3.05) is 6.61 Å². The number of ether oxygens (including phenoxy) is 1. The van der Waals surface area contributed by atoms with Crippen LogP contribution in [0.2, 0.25) is 0 Å². The number of hydrogen-bond acceptors (Lipinski definition) is 2. The van der Waals surface area contributed by atoms with E-state index in [2.05, 4.69) is 20.8 Å². The molecule has 1 heterocycles. The van der Waals surface area contributed by atoms with E-state index in [0.717, 1.165) is 18.9 Å². The predicted molar refractivity (Wildman–Crippen MR) is 61.8 cm³/mol. The zero-order chi connectivity index (χ0) is 11.4. The fourth-order valence-electron chi connectivity index (χ4n) is 2.43. The van der Waals surface area contributed by atoms with Crippen LogP contribution in [0.15, 0.2) is 0 Å². The van der Waals surface area contributed by atoms with Crippen LogP contribution in [-0.2, 0) is 9.53 Å². The Labute approximate surface area is 93.4 Å². The van der Waals surface area contributed by atoms with Gasteiger partial charge in [0.15, 0.2) is 0 Å². The lowest BCUT2D eigenvalue weighted by molar-refractivity contribution is -0.121. The van der Waals surface area contributed by atoms with E-state index in [1.165, 1.54) is 6.42 Å². The maximum Gasteiger partial charge on any atom is 0.130 e. The first-order valence-electron chi connectivity index (χ1n) is 6.11. The molecule has 0 aromatic heterocycles. The molecule has 0 spiro atoms. The van der Waals surface area contributed by atoms with Gasteiger partial charge in [0.2, 0.25) is 0 Å². The summed E-state index contributed by atoms with van der Waals surface area (Å²) in [6.45, 7) is 9.21. The van der Waals surface area contributed by atoms with Crippen molar-refractivity contribution < 1.29 is 9.53 Å². The summed E-state index contributed by atoms with van der Waals surface area (Å²) in [7, 11) is 0. The molecule has 0 aromatic carbocycles. The molecule has 0 aliphatic carbocycles. The zero-order valence-corrected chi connectivity index (χ0v) is 10.5. The van der Waals surface area contributed by atoms with Crippen LogP contribution in [0, 0.1) is 17.8 Å². The summed E-state index contributed by atoms with van der Waals surface area (Å²) in [6, 6.07) is 0. The van der Waals surface area contributed by atoms with Gasteiger partial charge in [-0.05, 0) is 37.5 Å². The van der Waals surface area contributed by atoms with Crippen molar-refractivity contribution in [3.05, 3.63) is 0 Å². The van der Waals surface area contributed by atoms with Crippen molar-refractivity contribution in [1.82, 2.24) is 0 Å². The van der Waals surface area contributed by atoms with E-state index in [1.807, 2.05) is 0 Å². The van der Waals surface area contributed by atoms with E-state index in [4.69, 9.17) is 4.74 Å². The highest BCUT2D eigenvalue weighted by molar-refractivity contribution is 5.75. The second-order valence-electron chi connectivity index (χ2n) is 5.35. The van der Waals surface area contributed by atoms with Crippen LogP contribution in [0.25, 0.3) is 0 Å². The minimum Gasteiger partial charge on any atom is -0.378 e. The number of carbonyl (C=O) groups is 1. The molecule has 1 aliphatic heterocycles. The highest BCUT2D eigenvalue weighted by atomic mass is 16.5. The number of Topliss-reactive ketones (excluding diaryl/α,β-unsaturated/α-hetero) is 1. The third-order valence-corrected chi connectivity index (χ3v) is 3.43. The van der Waals surface area contributed by atoms with Gasteiger partial charge in [-0.25, -0.2) is 0 Å². The fraction of sp³-hybridized carbons (Fsp3) is 0.923. The second kappa shape index (κ2) is 5.64. The van der Waals surface area contributed by atoms with E-state index >= 15 is 0 Å². The highest BCUT2D eigenvalue weighted by Gasteiger charge is 2.30. The molecule has 1 aliphatic rings. The van der Waals surface area contributed by atoms with Gasteiger partial charge in [-0.2, -0.15) is 0 Å². The molecule has 0 saturated carbocycles. The summed E-state index contributed by atoms with van der Waals surface area (Å²) in [5.74, 6) is 1.97. The molecule has 0 radical (unpaired) electrons. The molecule has 2 heteroatoms. The Morgan fingerprint density at radius 1 is 1.47 bits per heavy atom. The summed E-state index contributed by atoms with van der Waals surface area (Å²) in [5.41, 5.74) is 0. The molecule has 0 N–H and O–H groups in total. The SMILES string of the molecule is CC(=O)CC(C(C)C)C1CC(C)CCO1. The van der Waals surface area contributed by atoms with E-state index in [-0.39, 0.29) is 5.78 Å². The smallest absolute Gasteiger partial charge is 0.130 e. The lowest BCUT2D eigenvalue weighted by Crippen LogP contribution is -2.35. The average Bonchev–Trinajstić information content (AvgIpc) is 2.13. The molecule has 0 aromatic rings. The zero-order valence-electron chi connectivity index (χ0n) is 10.5. The van der Waals surface area contributed by atoms with E-state index < -0.39 is 0 Å². The van der Waals surface area contributed by atoms with Crippen molar-refractivity contribution in [2.24, 2.45) is 17.8 Å². The number of rotatable bonds is 4. The molecule has 0 amide bonds. The van der Waals surface area contributed by atoms with E-state index in [0.29, 0.717) is 24.4 Å². The van der Waals surface area contributed by atoms with Gasteiger partial charge >= 0.3 is 0 Å². The Kier molecular flexibility index (Phi) is 4.78. The molecular weight excluding hydrogens is 188 g/mol. The van der Waals surface area contributed by atoms with Gasteiger partial charge in [0.25, 0.3) is 0 Å². The molecule has 1 saturated heterocycles. The summed E-state index contributed by atoms with van der Waals surface area (Å²) in [6.07, 6.45) is 3.27. The number of hydrogen-bond donors (Lipinski definition) is 0. The van der Waals surface area contributed by atoms with Crippen LogP contribution in [0.3, 0.4) is 0 Å². The molecule has 1 rings (SSSR count). The van der Waals surface area contributed by atoms with Gasteiger partial charge in [0.1, 0.15) is 5.78 Å². The van der Waals surface area contributed by atoms with Crippen LogP contribution in [-0.4, -0.2) is 18.5 Å². The summed E-state index contributed by atoms with van der Waals surface area (Å²) < 4.78 is 5.82. The monoisotopic (exact) mass is 212 g/mol. The first-order chi connectivity index (χ1) is 7.00. The highest BCUT2D eigenvalue weighted by Crippen LogP contribution is 2.30. The Morgan fingerprint density at radius 2 is 2.13 bits per heavy atom. The van der Waals surface area contributed by atoms with E-state index in [9.17, 15) is 4.79 Å². The minimum atomic E-state index is 0.288. The van der Waals surface area contributed by atoms with Crippen LogP contribution >= 0.6 is 0 Å². The molecule has 2 nitrogen and oxygen atoms in total. The normalized spacial score (nSPS) is 29.1. The van der Waals surface area contributed by atoms with Crippen molar-refractivity contribution in [2.45, 2.75) is 53.1 Å². The lowest BCUT2D eigenvalue weighted by atomic mass is 9.81. The van der Waals surface area contributed by atoms with Gasteiger partial charge in [0.05, 0.1) is 6.10 Å². The summed E-state index contributed by atoms with van der Waals surface area (Å²) in [5, 5.41) is 0. The Bertz CT molecular complexity index is 211. The van der Waals surface area contributed by atoms with Crippen molar-refractivity contribution in [3.63, 3.8) is 0 Å². The van der Waals surface area contributed by atoms with Gasteiger partial charge < -0.3 is 9.53 Å². The largest absolute Gasteiger partial charge is 0.378 e. The van der Waals surface area contributed by atoms with E-state index in [1.54, 1.807) is 6.92 Å². The topological polar surface area (TPSA) is 26.3 Å². The first kappa shape index (κ1) is 12.7. The average molecular weight is 212 g/mol. The quantitative estimate of drug-likeness (QED) is 0.716.